The summed E-state index contributed by atoms with van der Waals surface area (Å²) in [6, 6.07) is 6.02. The number of nitrogens with one attached hydrogen (secondary N) is 1. The summed E-state index contributed by atoms with van der Waals surface area (Å²) in [5, 5.41) is 12.0. The van der Waals surface area contributed by atoms with Gasteiger partial charge in [-0.15, -0.1) is 0 Å². The Morgan fingerprint density at radius 1 is 1.39 bits per heavy atom. The lowest BCUT2D eigenvalue weighted by atomic mass is 10.1. The minimum absolute atomic E-state index is 0.111. The third-order valence-electron chi connectivity index (χ3n) is 3.38. The second-order valence-electron chi connectivity index (χ2n) is 4.82. The average molecular weight is 334 g/mol. The van der Waals surface area contributed by atoms with Crippen molar-refractivity contribution < 1.29 is 19.4 Å². The first-order valence-corrected chi connectivity index (χ1v) is 7.62. The van der Waals surface area contributed by atoms with Crippen molar-refractivity contribution in [2.75, 3.05) is 12.9 Å². The molecule has 122 valence electrons. The highest BCUT2D eigenvalue weighted by atomic mass is 32.1. The van der Waals surface area contributed by atoms with Gasteiger partial charge in [0, 0.05) is 12.0 Å². The molecule has 1 amide bonds. The van der Waals surface area contributed by atoms with E-state index in [-0.39, 0.29) is 11.7 Å². The molecule has 2 N–H and O–H groups in total. The van der Waals surface area contributed by atoms with Crippen LogP contribution in [0.3, 0.4) is 0 Å². The Hall–Kier alpha value is -2.25. The summed E-state index contributed by atoms with van der Waals surface area (Å²) in [5.74, 6) is -0.736. The van der Waals surface area contributed by atoms with Gasteiger partial charge in [0.2, 0.25) is 0 Å². The van der Waals surface area contributed by atoms with Crippen molar-refractivity contribution in [2.45, 2.75) is 12.2 Å². The minimum atomic E-state index is -1.02. The predicted octanol–water partition coefficient (Wildman–Crippen LogP) is 1.52. The number of ether oxygens (including phenoxy) is 1. The Bertz CT molecular complexity index is 645. The van der Waals surface area contributed by atoms with Gasteiger partial charge in [-0.05, 0) is 24.3 Å². The Morgan fingerprint density at radius 2 is 2.13 bits per heavy atom. The zero-order chi connectivity index (χ0) is 16.8. The molecule has 0 aliphatic carbocycles. The Balaban J connectivity index is 2.25. The molecule has 0 saturated heterocycles. The second kappa shape index (κ2) is 7.85. The zero-order valence-electron chi connectivity index (χ0n) is 12.5. The number of carboxylic acid groups (broad SMARTS) is 1. The first-order chi connectivity index (χ1) is 11.1. The number of rotatable bonds is 6. The summed E-state index contributed by atoms with van der Waals surface area (Å²) in [6.07, 6.45) is 6.20. The predicted molar refractivity (Wildman–Crippen MR) is 89.6 cm³/mol. The van der Waals surface area contributed by atoms with E-state index in [4.69, 9.17) is 9.84 Å². The third-order valence-corrected chi connectivity index (χ3v) is 3.74. The van der Waals surface area contributed by atoms with Crippen LogP contribution in [0, 0.1) is 0 Å². The van der Waals surface area contributed by atoms with Gasteiger partial charge in [0.15, 0.2) is 0 Å². The van der Waals surface area contributed by atoms with E-state index in [9.17, 15) is 9.59 Å². The molecular weight excluding hydrogens is 316 g/mol. The standard InChI is InChI=1S/C16H18N2O4S/c1-22-13-7-3-2-6-11(13)15(19)18-9-5-4-8-14(18)17-12(10-23)16(20)21/h2-9,12,14,17,23H,10H2,1H3,(H,20,21)/t12?,14-/m0/s1. The van der Waals surface area contributed by atoms with Crippen molar-refractivity contribution in [3.8, 4) is 5.75 Å². The molecule has 1 aliphatic rings. The highest BCUT2D eigenvalue weighted by Crippen LogP contribution is 2.21. The van der Waals surface area contributed by atoms with Crippen LogP contribution in [-0.2, 0) is 4.79 Å². The molecule has 0 radical (unpaired) electrons. The van der Waals surface area contributed by atoms with Crippen LogP contribution in [0.25, 0.3) is 0 Å². The summed E-state index contributed by atoms with van der Waals surface area (Å²) < 4.78 is 5.22. The number of hydrogen-bond donors (Lipinski definition) is 3. The molecule has 23 heavy (non-hydrogen) atoms. The number of amides is 1. The number of benzene rings is 1. The van der Waals surface area contributed by atoms with E-state index in [0.29, 0.717) is 11.3 Å². The lowest BCUT2D eigenvalue weighted by Crippen LogP contribution is -2.52. The van der Waals surface area contributed by atoms with Crippen molar-refractivity contribution in [1.82, 2.24) is 10.2 Å². The van der Waals surface area contributed by atoms with Crippen LogP contribution in [-0.4, -0.2) is 47.0 Å². The number of aliphatic carboxylic acids is 1. The van der Waals surface area contributed by atoms with Crippen LogP contribution >= 0.6 is 12.6 Å². The molecule has 1 heterocycles. The monoisotopic (exact) mass is 334 g/mol. The van der Waals surface area contributed by atoms with Gasteiger partial charge in [-0.2, -0.15) is 12.6 Å². The van der Waals surface area contributed by atoms with Gasteiger partial charge in [0.1, 0.15) is 18.0 Å². The lowest BCUT2D eigenvalue weighted by Gasteiger charge is -2.31. The molecule has 0 bridgehead atoms. The van der Waals surface area contributed by atoms with Crippen molar-refractivity contribution in [2.24, 2.45) is 0 Å². The van der Waals surface area contributed by atoms with E-state index in [0.717, 1.165) is 0 Å². The minimum Gasteiger partial charge on any atom is -0.496 e. The maximum absolute atomic E-state index is 12.8. The van der Waals surface area contributed by atoms with Crippen molar-refractivity contribution >= 4 is 24.5 Å². The summed E-state index contributed by atoms with van der Waals surface area (Å²) in [7, 11) is 1.50. The maximum Gasteiger partial charge on any atom is 0.321 e. The SMILES string of the molecule is COc1ccccc1C(=O)N1C=CC=C[C@H]1NC(CS)C(=O)O. The summed E-state index contributed by atoms with van der Waals surface area (Å²) in [6.45, 7) is 0. The third kappa shape index (κ3) is 3.94. The van der Waals surface area contributed by atoms with Crippen LogP contribution in [0.2, 0.25) is 0 Å². The summed E-state index contributed by atoms with van der Waals surface area (Å²) in [5.41, 5.74) is 0.402. The van der Waals surface area contributed by atoms with Gasteiger partial charge in [0.25, 0.3) is 5.91 Å². The number of thiol groups is 1. The van der Waals surface area contributed by atoms with Crippen molar-refractivity contribution in [1.29, 1.82) is 0 Å². The van der Waals surface area contributed by atoms with Gasteiger partial charge in [-0.1, -0.05) is 18.2 Å². The van der Waals surface area contributed by atoms with E-state index in [2.05, 4.69) is 17.9 Å². The fourth-order valence-electron chi connectivity index (χ4n) is 2.20. The Kier molecular flexibility index (Phi) is 5.84. The van der Waals surface area contributed by atoms with E-state index >= 15 is 0 Å². The lowest BCUT2D eigenvalue weighted by molar-refractivity contribution is -0.139. The van der Waals surface area contributed by atoms with Gasteiger partial charge < -0.3 is 9.84 Å². The zero-order valence-corrected chi connectivity index (χ0v) is 13.4. The van der Waals surface area contributed by atoms with E-state index in [1.807, 2.05) is 0 Å². The smallest absolute Gasteiger partial charge is 0.321 e. The molecule has 1 aliphatic heterocycles. The van der Waals surface area contributed by atoms with Crippen LogP contribution in [0.1, 0.15) is 10.4 Å². The first-order valence-electron chi connectivity index (χ1n) is 6.99. The molecule has 1 aromatic rings. The number of carbonyl (C=O) groups excluding carboxylic acids is 1. The fourth-order valence-corrected chi connectivity index (χ4v) is 2.46. The maximum atomic E-state index is 12.8. The quantitative estimate of drug-likeness (QED) is 0.688. The molecular formula is C16H18N2O4S. The van der Waals surface area contributed by atoms with E-state index < -0.39 is 18.2 Å². The number of methoxy groups -OCH3 is 1. The molecule has 2 atom stereocenters. The molecule has 0 spiro atoms. The van der Waals surface area contributed by atoms with Crippen LogP contribution in [0.15, 0.2) is 48.7 Å². The Labute approximate surface area is 139 Å². The molecule has 0 saturated carbocycles. The van der Waals surface area contributed by atoms with Crippen LogP contribution in [0.4, 0.5) is 0 Å². The highest BCUT2D eigenvalue weighted by molar-refractivity contribution is 7.80. The average Bonchev–Trinajstić information content (AvgIpc) is 2.59. The van der Waals surface area contributed by atoms with Crippen molar-refractivity contribution in [3.63, 3.8) is 0 Å². The largest absolute Gasteiger partial charge is 0.496 e. The molecule has 6 nitrogen and oxygen atoms in total. The van der Waals surface area contributed by atoms with Crippen LogP contribution < -0.4 is 10.1 Å². The number of hydrogen-bond acceptors (Lipinski definition) is 5. The van der Waals surface area contributed by atoms with Gasteiger partial charge in [0.05, 0.1) is 12.7 Å². The van der Waals surface area contributed by atoms with Gasteiger partial charge in [-0.3, -0.25) is 19.8 Å². The molecule has 1 unspecified atom stereocenters. The Morgan fingerprint density at radius 3 is 2.78 bits per heavy atom. The molecule has 2 rings (SSSR count). The normalized spacial score (nSPS) is 17.8. The highest BCUT2D eigenvalue weighted by Gasteiger charge is 2.28. The number of nitrogens with zero attached hydrogens (tertiary/aromatic N) is 1. The van der Waals surface area contributed by atoms with Crippen molar-refractivity contribution in [3.05, 3.63) is 54.3 Å². The molecule has 7 heteroatoms. The second-order valence-corrected chi connectivity index (χ2v) is 5.19. The topological polar surface area (TPSA) is 78.9 Å². The van der Waals surface area contributed by atoms with Gasteiger partial charge >= 0.3 is 5.97 Å². The number of carboxylic acids is 1. The van der Waals surface area contributed by atoms with E-state index in [1.54, 1.807) is 48.7 Å². The van der Waals surface area contributed by atoms with Gasteiger partial charge in [-0.25, -0.2) is 0 Å². The molecule has 1 aromatic carbocycles. The fraction of sp³-hybridized carbons (Fsp3) is 0.250. The number of carbonyl (C=O) groups is 2. The van der Waals surface area contributed by atoms with E-state index in [1.165, 1.54) is 12.0 Å². The summed E-state index contributed by atoms with van der Waals surface area (Å²) >= 11 is 4.03. The first kappa shape index (κ1) is 17.1. The molecule has 0 fully saturated rings. The summed E-state index contributed by atoms with van der Waals surface area (Å²) in [4.78, 5) is 25.4. The molecule has 0 aromatic heterocycles. The van der Waals surface area contributed by atoms with Crippen LogP contribution in [0.5, 0.6) is 5.75 Å². The number of allylic oxidation sites excluding steroid dienone is 2. The number of para-hydroxylation sites is 1.